The van der Waals surface area contributed by atoms with Crippen LogP contribution in [0.3, 0.4) is 0 Å². The number of nitrogens with zero attached hydrogens (tertiary/aromatic N) is 1. The van der Waals surface area contributed by atoms with Crippen molar-refractivity contribution in [3.05, 3.63) is 0 Å². The summed E-state index contributed by atoms with van der Waals surface area (Å²) in [7, 11) is 0. The number of nitrogens with one attached hydrogen (secondary N) is 1. The quantitative estimate of drug-likeness (QED) is 0.849. The summed E-state index contributed by atoms with van der Waals surface area (Å²) < 4.78 is 0. The Bertz CT molecular complexity index is 387. The molecule has 0 aromatic rings. The van der Waals surface area contributed by atoms with E-state index in [9.17, 15) is 4.79 Å². The molecule has 4 atom stereocenters. The maximum Gasteiger partial charge on any atom is 0.240 e. The first-order valence-corrected chi connectivity index (χ1v) is 7.94. The van der Waals surface area contributed by atoms with Gasteiger partial charge < -0.3 is 10.2 Å². The predicted molar refractivity (Wildman–Crippen MR) is 76.8 cm³/mol. The molecule has 3 heteroatoms. The monoisotopic (exact) mass is 264 g/mol. The molecule has 4 unspecified atom stereocenters. The SMILES string of the molecule is CCNC1CCN(C2C3(C)CCC(C3)C2(C)C)C1=O. The highest BCUT2D eigenvalue weighted by molar-refractivity contribution is 5.84. The van der Waals surface area contributed by atoms with Crippen molar-refractivity contribution < 1.29 is 4.79 Å². The van der Waals surface area contributed by atoms with Gasteiger partial charge in [0.15, 0.2) is 0 Å². The van der Waals surface area contributed by atoms with E-state index in [0.29, 0.717) is 22.8 Å². The van der Waals surface area contributed by atoms with Crippen LogP contribution in [0.5, 0.6) is 0 Å². The normalized spacial score (nSPS) is 44.3. The molecule has 0 aromatic heterocycles. The van der Waals surface area contributed by atoms with Gasteiger partial charge in [0.25, 0.3) is 0 Å². The van der Waals surface area contributed by atoms with E-state index in [1.165, 1.54) is 19.3 Å². The summed E-state index contributed by atoms with van der Waals surface area (Å²) in [5, 5.41) is 3.34. The van der Waals surface area contributed by atoms with Crippen LogP contribution >= 0.6 is 0 Å². The van der Waals surface area contributed by atoms with Gasteiger partial charge in [-0.2, -0.15) is 0 Å². The first-order chi connectivity index (χ1) is 8.90. The van der Waals surface area contributed by atoms with Gasteiger partial charge in [-0.3, -0.25) is 4.79 Å². The molecule has 2 aliphatic carbocycles. The van der Waals surface area contributed by atoms with Crippen LogP contribution in [0.25, 0.3) is 0 Å². The van der Waals surface area contributed by atoms with Crippen LogP contribution in [0.2, 0.25) is 0 Å². The van der Waals surface area contributed by atoms with Crippen molar-refractivity contribution in [2.45, 2.75) is 65.5 Å². The zero-order chi connectivity index (χ0) is 13.8. The Kier molecular flexibility index (Phi) is 2.97. The minimum atomic E-state index is 0.0727. The second kappa shape index (κ2) is 4.21. The molecule has 2 saturated carbocycles. The molecule has 19 heavy (non-hydrogen) atoms. The lowest BCUT2D eigenvalue weighted by atomic mass is 9.67. The summed E-state index contributed by atoms with van der Waals surface area (Å²) in [6.45, 7) is 11.1. The number of amides is 1. The topological polar surface area (TPSA) is 32.3 Å². The molecule has 1 saturated heterocycles. The van der Waals surface area contributed by atoms with Crippen LogP contribution in [0.1, 0.15) is 53.4 Å². The highest BCUT2D eigenvalue weighted by atomic mass is 16.2. The smallest absolute Gasteiger partial charge is 0.240 e. The summed E-state index contributed by atoms with van der Waals surface area (Å²) in [5.74, 6) is 1.17. The average molecular weight is 264 g/mol. The van der Waals surface area contributed by atoms with Crippen LogP contribution < -0.4 is 5.32 Å². The van der Waals surface area contributed by atoms with Gasteiger partial charge in [0, 0.05) is 12.6 Å². The summed E-state index contributed by atoms with van der Waals surface area (Å²) in [5.41, 5.74) is 0.661. The summed E-state index contributed by atoms with van der Waals surface area (Å²) in [6, 6.07) is 0.526. The van der Waals surface area contributed by atoms with Crippen LogP contribution in [0.15, 0.2) is 0 Å². The number of hydrogen-bond acceptors (Lipinski definition) is 2. The van der Waals surface area contributed by atoms with Gasteiger partial charge in [-0.1, -0.05) is 27.7 Å². The third-order valence-electron chi connectivity index (χ3n) is 6.20. The summed E-state index contributed by atoms with van der Waals surface area (Å²) >= 11 is 0. The van der Waals surface area contributed by atoms with Gasteiger partial charge in [-0.25, -0.2) is 0 Å². The molecule has 3 nitrogen and oxygen atoms in total. The number of carbonyl (C=O) groups excluding carboxylic acids is 1. The molecule has 1 aliphatic heterocycles. The first-order valence-electron chi connectivity index (χ1n) is 7.94. The van der Waals surface area contributed by atoms with Crippen molar-refractivity contribution >= 4 is 5.91 Å². The standard InChI is InChI=1S/C16H28N2O/c1-5-17-12-7-9-18(13(12)19)14-15(2,3)11-6-8-16(14,4)10-11/h11-12,14,17H,5-10H2,1-4H3. The fourth-order valence-electron chi connectivity index (χ4n) is 5.45. The van der Waals surface area contributed by atoms with Crippen LogP contribution in [0.4, 0.5) is 0 Å². The third-order valence-corrected chi connectivity index (χ3v) is 6.20. The lowest BCUT2D eigenvalue weighted by Gasteiger charge is -2.47. The lowest BCUT2D eigenvalue weighted by molar-refractivity contribution is -0.137. The van der Waals surface area contributed by atoms with E-state index >= 15 is 0 Å². The minimum Gasteiger partial charge on any atom is -0.337 e. The Hall–Kier alpha value is -0.570. The largest absolute Gasteiger partial charge is 0.337 e. The molecule has 3 fully saturated rings. The number of likely N-dealkylation sites (N-methyl/N-ethyl adjacent to an activating group) is 1. The highest BCUT2D eigenvalue weighted by Crippen LogP contribution is 2.64. The van der Waals surface area contributed by atoms with Gasteiger partial charge in [-0.15, -0.1) is 0 Å². The lowest BCUT2D eigenvalue weighted by Crippen LogP contribution is -2.54. The van der Waals surface area contributed by atoms with Crippen molar-refractivity contribution in [3.8, 4) is 0 Å². The fraction of sp³-hybridized carbons (Fsp3) is 0.938. The number of rotatable bonds is 3. The van der Waals surface area contributed by atoms with Crippen molar-refractivity contribution in [1.82, 2.24) is 10.2 Å². The zero-order valence-corrected chi connectivity index (χ0v) is 12.8. The van der Waals surface area contributed by atoms with Gasteiger partial charge in [0.1, 0.15) is 0 Å². The van der Waals surface area contributed by atoms with E-state index in [-0.39, 0.29) is 6.04 Å². The number of hydrogen-bond donors (Lipinski definition) is 1. The Labute approximate surface area is 117 Å². The Balaban J connectivity index is 1.85. The average Bonchev–Trinajstić information content (AvgIpc) is 2.92. The molecule has 1 N–H and O–H groups in total. The molecule has 0 spiro atoms. The summed E-state index contributed by atoms with van der Waals surface area (Å²) in [6.07, 6.45) is 4.97. The van der Waals surface area contributed by atoms with E-state index in [0.717, 1.165) is 25.4 Å². The van der Waals surface area contributed by atoms with E-state index in [2.05, 4.69) is 37.9 Å². The van der Waals surface area contributed by atoms with Gasteiger partial charge >= 0.3 is 0 Å². The van der Waals surface area contributed by atoms with E-state index in [1.807, 2.05) is 0 Å². The molecule has 0 aromatic carbocycles. The van der Waals surface area contributed by atoms with Gasteiger partial charge in [0.2, 0.25) is 5.91 Å². The van der Waals surface area contributed by atoms with Crippen molar-refractivity contribution in [3.63, 3.8) is 0 Å². The minimum absolute atomic E-state index is 0.0727. The fourth-order valence-corrected chi connectivity index (χ4v) is 5.45. The van der Waals surface area contributed by atoms with E-state index < -0.39 is 0 Å². The van der Waals surface area contributed by atoms with Crippen LogP contribution in [0, 0.1) is 16.7 Å². The zero-order valence-electron chi connectivity index (χ0n) is 12.8. The maximum absolute atomic E-state index is 12.7. The molecule has 3 rings (SSSR count). The molecular weight excluding hydrogens is 236 g/mol. The number of carbonyl (C=O) groups is 1. The van der Waals surface area contributed by atoms with Gasteiger partial charge in [0.05, 0.1) is 6.04 Å². The first kappa shape index (κ1) is 13.4. The molecule has 1 amide bonds. The Morgan fingerprint density at radius 3 is 2.63 bits per heavy atom. The number of fused-ring (bicyclic) bond motifs is 2. The Morgan fingerprint density at radius 2 is 2.05 bits per heavy atom. The number of likely N-dealkylation sites (tertiary alicyclic amines) is 1. The third kappa shape index (κ3) is 1.77. The van der Waals surface area contributed by atoms with E-state index in [1.54, 1.807) is 0 Å². The maximum atomic E-state index is 12.7. The Morgan fingerprint density at radius 1 is 1.32 bits per heavy atom. The highest BCUT2D eigenvalue weighted by Gasteiger charge is 2.62. The molecule has 108 valence electrons. The van der Waals surface area contributed by atoms with Crippen molar-refractivity contribution in [2.75, 3.05) is 13.1 Å². The summed E-state index contributed by atoms with van der Waals surface area (Å²) in [4.78, 5) is 14.9. The predicted octanol–water partition coefficient (Wildman–Crippen LogP) is 2.41. The molecule has 3 aliphatic rings. The molecule has 0 radical (unpaired) electrons. The molecule has 2 bridgehead atoms. The second-order valence-corrected chi connectivity index (χ2v) is 7.75. The second-order valence-electron chi connectivity index (χ2n) is 7.75. The molecule has 1 heterocycles. The molecular formula is C16H28N2O. The van der Waals surface area contributed by atoms with Crippen LogP contribution in [-0.2, 0) is 4.79 Å². The van der Waals surface area contributed by atoms with Crippen molar-refractivity contribution in [1.29, 1.82) is 0 Å². The van der Waals surface area contributed by atoms with Gasteiger partial charge in [-0.05, 0) is 49.0 Å². The van der Waals surface area contributed by atoms with Crippen LogP contribution in [-0.4, -0.2) is 36.0 Å². The van der Waals surface area contributed by atoms with Crippen molar-refractivity contribution in [2.24, 2.45) is 16.7 Å². The van der Waals surface area contributed by atoms with E-state index in [4.69, 9.17) is 0 Å².